The summed E-state index contributed by atoms with van der Waals surface area (Å²) in [5.41, 5.74) is 4.06. The Kier molecular flexibility index (Phi) is 3.26. The van der Waals surface area contributed by atoms with Crippen molar-refractivity contribution in [3.05, 3.63) is 60.2 Å². The first-order valence-corrected chi connectivity index (χ1v) is 7.85. The Morgan fingerprint density at radius 1 is 1.05 bits per heavy atom. The van der Waals surface area contributed by atoms with Gasteiger partial charge in [0, 0.05) is 5.71 Å². The van der Waals surface area contributed by atoms with Crippen LogP contribution in [0.25, 0.3) is 0 Å². The van der Waals surface area contributed by atoms with Crippen LogP contribution in [0.15, 0.2) is 59.6 Å². The lowest BCUT2D eigenvalue weighted by molar-refractivity contribution is -0.120. The van der Waals surface area contributed by atoms with Gasteiger partial charge in [0.05, 0.1) is 23.8 Å². The highest BCUT2D eigenvalue weighted by atomic mass is 16.2. The SMILES string of the molecule is O=C1[C@H]2CCCC2=Nc2ccccc2N1Cc1ccccc1. The molecular formula is C19H18N2O. The van der Waals surface area contributed by atoms with E-state index < -0.39 is 0 Å². The molecule has 0 saturated heterocycles. The van der Waals surface area contributed by atoms with Crippen LogP contribution < -0.4 is 4.90 Å². The fourth-order valence-electron chi connectivity index (χ4n) is 3.41. The van der Waals surface area contributed by atoms with Gasteiger partial charge in [-0.15, -0.1) is 0 Å². The Hall–Kier alpha value is -2.42. The van der Waals surface area contributed by atoms with E-state index in [-0.39, 0.29) is 11.8 Å². The van der Waals surface area contributed by atoms with Gasteiger partial charge in [-0.2, -0.15) is 0 Å². The molecule has 0 bridgehead atoms. The van der Waals surface area contributed by atoms with Gasteiger partial charge < -0.3 is 4.90 Å². The molecule has 22 heavy (non-hydrogen) atoms. The van der Waals surface area contributed by atoms with Crippen LogP contribution in [0.4, 0.5) is 11.4 Å². The Morgan fingerprint density at radius 3 is 2.68 bits per heavy atom. The quantitative estimate of drug-likeness (QED) is 0.819. The van der Waals surface area contributed by atoms with Crippen molar-refractivity contribution in [2.24, 2.45) is 10.9 Å². The van der Waals surface area contributed by atoms with Gasteiger partial charge in [0.15, 0.2) is 0 Å². The summed E-state index contributed by atoms with van der Waals surface area (Å²) in [4.78, 5) is 19.8. The fourth-order valence-corrected chi connectivity index (χ4v) is 3.41. The molecule has 2 aromatic rings. The van der Waals surface area contributed by atoms with E-state index in [0.717, 1.165) is 41.9 Å². The third-order valence-corrected chi connectivity index (χ3v) is 4.51. The third kappa shape index (κ3) is 2.23. The van der Waals surface area contributed by atoms with Gasteiger partial charge in [-0.25, -0.2) is 0 Å². The maximum atomic E-state index is 13.0. The molecule has 0 radical (unpaired) electrons. The van der Waals surface area contributed by atoms with Gasteiger partial charge in [0.1, 0.15) is 0 Å². The maximum absolute atomic E-state index is 13.0. The molecule has 1 saturated carbocycles. The number of para-hydroxylation sites is 2. The highest BCUT2D eigenvalue weighted by molar-refractivity contribution is 6.14. The highest BCUT2D eigenvalue weighted by Crippen LogP contribution is 2.38. The first-order valence-electron chi connectivity index (χ1n) is 7.85. The maximum Gasteiger partial charge on any atom is 0.236 e. The van der Waals surface area contributed by atoms with Crippen LogP contribution >= 0.6 is 0 Å². The summed E-state index contributed by atoms with van der Waals surface area (Å²) in [6.07, 6.45) is 2.94. The number of aliphatic imine (C=N–C) groups is 1. The third-order valence-electron chi connectivity index (χ3n) is 4.51. The molecule has 0 spiro atoms. The van der Waals surface area contributed by atoms with Gasteiger partial charge in [-0.1, -0.05) is 42.5 Å². The number of amides is 1. The van der Waals surface area contributed by atoms with Crippen molar-refractivity contribution in [3.8, 4) is 0 Å². The number of benzene rings is 2. The van der Waals surface area contributed by atoms with Gasteiger partial charge in [-0.05, 0) is 37.0 Å². The summed E-state index contributed by atoms with van der Waals surface area (Å²) < 4.78 is 0. The minimum absolute atomic E-state index is 0.0314. The van der Waals surface area contributed by atoms with Crippen LogP contribution in [-0.4, -0.2) is 11.6 Å². The highest BCUT2D eigenvalue weighted by Gasteiger charge is 2.36. The number of hydrogen-bond acceptors (Lipinski definition) is 2. The van der Waals surface area contributed by atoms with Crippen molar-refractivity contribution in [3.63, 3.8) is 0 Å². The smallest absolute Gasteiger partial charge is 0.236 e. The van der Waals surface area contributed by atoms with E-state index in [9.17, 15) is 4.79 Å². The Morgan fingerprint density at radius 2 is 1.82 bits per heavy atom. The van der Waals surface area contributed by atoms with E-state index in [4.69, 9.17) is 4.99 Å². The van der Waals surface area contributed by atoms with Crippen LogP contribution in [-0.2, 0) is 11.3 Å². The monoisotopic (exact) mass is 290 g/mol. The van der Waals surface area contributed by atoms with Crippen LogP contribution in [0.5, 0.6) is 0 Å². The number of carbonyl (C=O) groups is 1. The number of carbonyl (C=O) groups excluding carboxylic acids is 1. The van der Waals surface area contributed by atoms with Crippen LogP contribution in [0.1, 0.15) is 24.8 Å². The van der Waals surface area contributed by atoms with Crippen molar-refractivity contribution in [1.82, 2.24) is 0 Å². The molecule has 2 aromatic carbocycles. The topological polar surface area (TPSA) is 32.7 Å². The molecule has 0 unspecified atom stereocenters. The second-order valence-electron chi connectivity index (χ2n) is 5.95. The fraction of sp³-hybridized carbons (Fsp3) is 0.263. The van der Waals surface area contributed by atoms with Crippen molar-refractivity contribution in [1.29, 1.82) is 0 Å². The minimum atomic E-state index is -0.0314. The van der Waals surface area contributed by atoms with Crippen molar-refractivity contribution < 1.29 is 4.79 Å². The predicted octanol–water partition coefficient (Wildman–Crippen LogP) is 4.11. The molecule has 3 heteroatoms. The van der Waals surface area contributed by atoms with E-state index in [1.165, 1.54) is 0 Å². The molecule has 4 rings (SSSR count). The zero-order valence-corrected chi connectivity index (χ0v) is 12.4. The second kappa shape index (κ2) is 5.41. The van der Waals surface area contributed by atoms with Crippen molar-refractivity contribution in [2.45, 2.75) is 25.8 Å². The number of rotatable bonds is 2. The molecule has 2 aliphatic rings. The Balaban J connectivity index is 1.78. The van der Waals surface area contributed by atoms with Gasteiger partial charge in [-0.3, -0.25) is 9.79 Å². The molecule has 1 aliphatic heterocycles. The number of fused-ring (bicyclic) bond motifs is 2. The zero-order chi connectivity index (χ0) is 14.9. The van der Waals surface area contributed by atoms with Gasteiger partial charge >= 0.3 is 0 Å². The summed E-state index contributed by atoms with van der Waals surface area (Å²) in [6, 6.07) is 18.1. The van der Waals surface area contributed by atoms with Gasteiger partial charge in [0.2, 0.25) is 5.91 Å². The molecule has 1 atom stereocenters. The lowest BCUT2D eigenvalue weighted by atomic mass is 10.0. The summed E-state index contributed by atoms with van der Waals surface area (Å²) in [5, 5.41) is 0. The average Bonchev–Trinajstić information content (AvgIpc) is 2.98. The van der Waals surface area contributed by atoms with E-state index >= 15 is 0 Å². The second-order valence-corrected chi connectivity index (χ2v) is 5.95. The Labute approximate surface area is 130 Å². The molecule has 0 N–H and O–H groups in total. The first-order chi connectivity index (χ1) is 10.8. The summed E-state index contributed by atoms with van der Waals surface area (Å²) in [7, 11) is 0. The standard InChI is InChI=1S/C19H18N2O/c22-19-15-9-6-11-16(15)20-17-10-4-5-12-18(17)21(19)13-14-7-2-1-3-8-14/h1-5,7-8,10,12,15H,6,9,11,13H2/t15-/m0/s1. The lowest BCUT2D eigenvalue weighted by Gasteiger charge is -2.25. The summed E-state index contributed by atoms with van der Waals surface area (Å²) in [5.74, 6) is 0.168. The summed E-state index contributed by atoms with van der Waals surface area (Å²) in [6.45, 7) is 0.607. The molecular weight excluding hydrogens is 272 g/mol. The van der Waals surface area contributed by atoms with Crippen LogP contribution in [0, 0.1) is 5.92 Å². The Bertz CT molecular complexity index is 736. The van der Waals surface area contributed by atoms with E-state index in [0.29, 0.717) is 6.54 Å². The van der Waals surface area contributed by atoms with Crippen LogP contribution in [0.2, 0.25) is 0 Å². The predicted molar refractivity (Wildman–Crippen MR) is 88.5 cm³/mol. The van der Waals surface area contributed by atoms with Gasteiger partial charge in [0.25, 0.3) is 0 Å². The number of hydrogen-bond donors (Lipinski definition) is 0. The molecule has 110 valence electrons. The average molecular weight is 290 g/mol. The molecule has 1 aliphatic carbocycles. The lowest BCUT2D eigenvalue weighted by Crippen LogP contribution is -2.36. The molecule has 0 aromatic heterocycles. The zero-order valence-electron chi connectivity index (χ0n) is 12.4. The first kappa shape index (κ1) is 13.3. The largest absolute Gasteiger partial charge is 0.305 e. The normalized spacial score (nSPS) is 20.2. The van der Waals surface area contributed by atoms with Crippen molar-refractivity contribution >= 4 is 23.0 Å². The van der Waals surface area contributed by atoms with Crippen molar-refractivity contribution in [2.75, 3.05) is 4.90 Å². The van der Waals surface area contributed by atoms with E-state index in [2.05, 4.69) is 12.1 Å². The molecule has 1 heterocycles. The van der Waals surface area contributed by atoms with Crippen LogP contribution in [0.3, 0.4) is 0 Å². The minimum Gasteiger partial charge on any atom is -0.305 e. The number of nitrogens with zero attached hydrogens (tertiary/aromatic N) is 2. The van der Waals surface area contributed by atoms with E-state index in [1.807, 2.05) is 47.4 Å². The molecule has 3 nitrogen and oxygen atoms in total. The summed E-state index contributed by atoms with van der Waals surface area (Å²) >= 11 is 0. The number of anilines is 1. The molecule has 1 fully saturated rings. The van der Waals surface area contributed by atoms with E-state index in [1.54, 1.807) is 0 Å². The molecule has 1 amide bonds.